The molecule has 0 spiro atoms. The van der Waals surface area contributed by atoms with Gasteiger partial charge in [-0.15, -0.1) is 12.4 Å². The molecule has 2 aromatic rings. The maximum absolute atomic E-state index is 12.1. The molecule has 1 amide bonds. The second kappa shape index (κ2) is 9.66. The molecule has 0 aliphatic rings. The lowest BCUT2D eigenvalue weighted by molar-refractivity contribution is 0.102. The van der Waals surface area contributed by atoms with Gasteiger partial charge in [0, 0.05) is 25.7 Å². The number of hydrogen-bond acceptors (Lipinski definition) is 5. The smallest absolute Gasteiger partial charge is 0.255 e. The molecule has 2 rings (SSSR count). The Kier molecular flexibility index (Phi) is 7.87. The molecular formula is C16H20ClN3O3. The minimum atomic E-state index is -0.211. The molecule has 1 heterocycles. The first-order valence-electron chi connectivity index (χ1n) is 6.94. The van der Waals surface area contributed by atoms with E-state index in [1.165, 1.54) is 6.20 Å². The average molecular weight is 338 g/mol. The molecule has 0 bridgehead atoms. The van der Waals surface area contributed by atoms with Crippen molar-refractivity contribution in [2.24, 2.45) is 0 Å². The standard InChI is InChI=1S/C16H19N3O3.ClH/c1-21-9-2-10-22-14-6-3-12(4-7-14)16(20)19-13-5-8-15(17)18-11-13;/h3-8,11H,2,9-10H2,1H3,(H2,17,18)(H,19,20);1H. The van der Waals surface area contributed by atoms with Crippen LogP contribution in [-0.4, -0.2) is 31.2 Å². The van der Waals surface area contributed by atoms with E-state index in [0.717, 1.165) is 12.2 Å². The lowest BCUT2D eigenvalue weighted by Gasteiger charge is -2.08. The van der Waals surface area contributed by atoms with Crippen LogP contribution in [0.5, 0.6) is 5.75 Å². The van der Waals surface area contributed by atoms with Crippen LogP contribution < -0.4 is 15.8 Å². The third kappa shape index (κ3) is 6.14. The molecule has 1 aromatic carbocycles. The van der Waals surface area contributed by atoms with Gasteiger partial charge in [-0.3, -0.25) is 4.79 Å². The van der Waals surface area contributed by atoms with Crippen LogP contribution in [0, 0.1) is 0 Å². The van der Waals surface area contributed by atoms with Crippen molar-refractivity contribution in [2.45, 2.75) is 6.42 Å². The number of aromatic nitrogens is 1. The van der Waals surface area contributed by atoms with Crippen molar-refractivity contribution in [1.29, 1.82) is 0 Å². The maximum Gasteiger partial charge on any atom is 0.255 e. The van der Waals surface area contributed by atoms with Gasteiger partial charge in [-0.05, 0) is 36.4 Å². The van der Waals surface area contributed by atoms with Crippen molar-refractivity contribution < 1.29 is 14.3 Å². The van der Waals surface area contributed by atoms with E-state index in [0.29, 0.717) is 30.3 Å². The first-order chi connectivity index (χ1) is 10.7. The Morgan fingerprint density at radius 1 is 1.17 bits per heavy atom. The molecule has 0 atom stereocenters. The zero-order valence-electron chi connectivity index (χ0n) is 12.8. The van der Waals surface area contributed by atoms with Crippen LogP contribution in [0.3, 0.4) is 0 Å². The van der Waals surface area contributed by atoms with Gasteiger partial charge in [0.15, 0.2) is 0 Å². The number of nitrogens with two attached hydrogens (primary N) is 1. The summed E-state index contributed by atoms with van der Waals surface area (Å²) in [5.41, 5.74) is 6.64. The van der Waals surface area contributed by atoms with E-state index in [4.69, 9.17) is 15.2 Å². The zero-order valence-corrected chi connectivity index (χ0v) is 13.6. The van der Waals surface area contributed by atoms with Crippen molar-refractivity contribution in [3.8, 4) is 5.75 Å². The van der Waals surface area contributed by atoms with Gasteiger partial charge in [-0.25, -0.2) is 4.98 Å². The van der Waals surface area contributed by atoms with E-state index in [1.54, 1.807) is 43.5 Å². The van der Waals surface area contributed by atoms with Gasteiger partial charge in [-0.2, -0.15) is 0 Å². The van der Waals surface area contributed by atoms with Gasteiger partial charge in [0.1, 0.15) is 11.6 Å². The van der Waals surface area contributed by atoms with Gasteiger partial charge < -0.3 is 20.5 Å². The third-order valence-electron chi connectivity index (χ3n) is 2.92. The Bertz CT molecular complexity index is 603. The Morgan fingerprint density at radius 2 is 1.91 bits per heavy atom. The number of carbonyl (C=O) groups is 1. The highest BCUT2D eigenvalue weighted by Gasteiger charge is 2.06. The number of hydrogen-bond donors (Lipinski definition) is 2. The molecule has 0 radical (unpaired) electrons. The first-order valence-corrected chi connectivity index (χ1v) is 6.94. The number of anilines is 2. The van der Waals surface area contributed by atoms with Gasteiger partial charge in [0.05, 0.1) is 18.5 Å². The summed E-state index contributed by atoms with van der Waals surface area (Å²) in [5, 5.41) is 2.75. The number of pyridine rings is 1. The highest BCUT2D eigenvalue weighted by Crippen LogP contribution is 2.14. The Morgan fingerprint density at radius 3 is 2.52 bits per heavy atom. The molecule has 124 valence electrons. The number of rotatable bonds is 7. The largest absolute Gasteiger partial charge is 0.494 e. The quantitative estimate of drug-likeness (QED) is 0.759. The Labute approximate surface area is 141 Å². The number of nitrogen functional groups attached to an aromatic ring is 1. The van der Waals surface area contributed by atoms with E-state index in [2.05, 4.69) is 10.3 Å². The minimum absolute atomic E-state index is 0. The first kappa shape index (κ1) is 18.7. The highest BCUT2D eigenvalue weighted by molar-refractivity contribution is 6.04. The number of benzene rings is 1. The molecular weight excluding hydrogens is 318 g/mol. The van der Waals surface area contributed by atoms with Crippen LogP contribution in [0.25, 0.3) is 0 Å². The molecule has 0 unspecified atom stereocenters. The lowest BCUT2D eigenvalue weighted by atomic mass is 10.2. The van der Waals surface area contributed by atoms with Gasteiger partial charge in [0.25, 0.3) is 5.91 Å². The number of nitrogens with one attached hydrogen (secondary N) is 1. The molecule has 0 aliphatic carbocycles. The van der Waals surface area contributed by atoms with Crippen molar-refractivity contribution in [3.63, 3.8) is 0 Å². The maximum atomic E-state index is 12.1. The highest BCUT2D eigenvalue weighted by atomic mass is 35.5. The zero-order chi connectivity index (χ0) is 15.8. The summed E-state index contributed by atoms with van der Waals surface area (Å²) in [4.78, 5) is 16.0. The lowest BCUT2D eigenvalue weighted by Crippen LogP contribution is -2.12. The van der Waals surface area contributed by atoms with E-state index in [-0.39, 0.29) is 18.3 Å². The Balaban J connectivity index is 0.00000264. The fourth-order valence-electron chi connectivity index (χ4n) is 1.78. The predicted octanol–water partition coefficient (Wildman–Crippen LogP) is 2.75. The van der Waals surface area contributed by atoms with Crippen LogP contribution in [-0.2, 0) is 4.74 Å². The number of ether oxygens (including phenoxy) is 2. The van der Waals surface area contributed by atoms with Gasteiger partial charge in [-0.1, -0.05) is 0 Å². The third-order valence-corrected chi connectivity index (χ3v) is 2.92. The SMILES string of the molecule is COCCCOc1ccc(C(=O)Nc2ccc(N)nc2)cc1.Cl. The fourth-order valence-corrected chi connectivity index (χ4v) is 1.78. The molecule has 6 nitrogen and oxygen atoms in total. The van der Waals surface area contributed by atoms with E-state index < -0.39 is 0 Å². The Hall–Kier alpha value is -2.31. The summed E-state index contributed by atoms with van der Waals surface area (Å²) >= 11 is 0. The molecule has 0 saturated heterocycles. The van der Waals surface area contributed by atoms with Crippen LogP contribution in [0.2, 0.25) is 0 Å². The molecule has 3 N–H and O–H groups in total. The van der Waals surface area contributed by atoms with Crippen molar-refractivity contribution >= 4 is 29.8 Å². The number of carbonyl (C=O) groups excluding carboxylic acids is 1. The minimum Gasteiger partial charge on any atom is -0.494 e. The predicted molar refractivity (Wildman–Crippen MR) is 92.3 cm³/mol. The normalized spacial score (nSPS) is 9.78. The molecule has 0 fully saturated rings. The molecule has 0 saturated carbocycles. The topological polar surface area (TPSA) is 86.5 Å². The molecule has 1 aromatic heterocycles. The second-order valence-corrected chi connectivity index (χ2v) is 4.65. The number of halogens is 1. The van der Waals surface area contributed by atoms with E-state index in [1.807, 2.05) is 0 Å². The fraction of sp³-hybridized carbons (Fsp3) is 0.250. The number of amides is 1. The summed E-state index contributed by atoms with van der Waals surface area (Å²) in [7, 11) is 1.66. The van der Waals surface area contributed by atoms with E-state index in [9.17, 15) is 4.79 Å². The molecule has 7 heteroatoms. The second-order valence-electron chi connectivity index (χ2n) is 4.65. The molecule has 0 aliphatic heterocycles. The van der Waals surface area contributed by atoms with Crippen LogP contribution >= 0.6 is 12.4 Å². The summed E-state index contributed by atoms with van der Waals surface area (Å²) in [6, 6.07) is 10.3. The number of nitrogens with zero attached hydrogens (tertiary/aromatic N) is 1. The van der Waals surface area contributed by atoms with Crippen LogP contribution in [0.1, 0.15) is 16.8 Å². The monoisotopic (exact) mass is 337 g/mol. The van der Waals surface area contributed by atoms with Crippen molar-refractivity contribution in [3.05, 3.63) is 48.2 Å². The molecule has 23 heavy (non-hydrogen) atoms. The summed E-state index contributed by atoms with van der Waals surface area (Å²) < 4.78 is 10.5. The summed E-state index contributed by atoms with van der Waals surface area (Å²) in [5.74, 6) is 0.923. The van der Waals surface area contributed by atoms with Crippen molar-refractivity contribution in [2.75, 3.05) is 31.4 Å². The van der Waals surface area contributed by atoms with E-state index >= 15 is 0 Å². The van der Waals surface area contributed by atoms with Crippen LogP contribution in [0.4, 0.5) is 11.5 Å². The van der Waals surface area contributed by atoms with Crippen LogP contribution in [0.15, 0.2) is 42.6 Å². The summed E-state index contributed by atoms with van der Waals surface area (Å²) in [6.07, 6.45) is 2.34. The average Bonchev–Trinajstić information content (AvgIpc) is 2.54. The van der Waals surface area contributed by atoms with Gasteiger partial charge >= 0.3 is 0 Å². The van der Waals surface area contributed by atoms with Gasteiger partial charge in [0.2, 0.25) is 0 Å². The number of methoxy groups -OCH3 is 1. The van der Waals surface area contributed by atoms with Crippen molar-refractivity contribution in [1.82, 2.24) is 4.98 Å². The summed E-state index contributed by atoms with van der Waals surface area (Å²) in [6.45, 7) is 1.24.